The summed E-state index contributed by atoms with van der Waals surface area (Å²) in [5.74, 6) is 0.881. The monoisotopic (exact) mass is 233 g/mol. The summed E-state index contributed by atoms with van der Waals surface area (Å²) in [7, 11) is 4.05. The van der Waals surface area contributed by atoms with Crippen LogP contribution < -0.4 is 15.5 Å². The first-order valence-corrected chi connectivity index (χ1v) is 5.91. The zero-order chi connectivity index (χ0) is 12.1. The summed E-state index contributed by atoms with van der Waals surface area (Å²) in [5, 5.41) is 6.52. The Morgan fingerprint density at radius 3 is 3.06 bits per heavy atom. The molecule has 0 saturated carbocycles. The zero-order valence-corrected chi connectivity index (χ0v) is 10.4. The molecule has 0 aromatic carbocycles. The smallest absolute Gasteiger partial charge is 0.191 e. The first kappa shape index (κ1) is 11.7. The van der Waals surface area contributed by atoms with Crippen LogP contribution in [0, 0.1) is 0 Å². The van der Waals surface area contributed by atoms with Gasteiger partial charge in [0.1, 0.15) is 0 Å². The lowest BCUT2D eigenvalue weighted by Gasteiger charge is -2.19. The number of nitrogens with zero attached hydrogens (tertiary/aromatic N) is 3. The minimum Gasteiger partial charge on any atom is -0.376 e. The molecule has 0 spiro atoms. The van der Waals surface area contributed by atoms with Gasteiger partial charge < -0.3 is 15.5 Å². The Morgan fingerprint density at radius 1 is 1.47 bits per heavy atom. The molecule has 0 amide bonds. The number of hydrogen-bond donors (Lipinski definition) is 2. The fraction of sp³-hybridized carbons (Fsp3) is 0.500. The number of nitrogens with one attached hydrogen (secondary N) is 2. The van der Waals surface area contributed by atoms with Crippen molar-refractivity contribution in [2.24, 2.45) is 4.99 Å². The molecule has 1 aliphatic rings. The van der Waals surface area contributed by atoms with Gasteiger partial charge in [0, 0.05) is 33.4 Å². The van der Waals surface area contributed by atoms with Gasteiger partial charge in [-0.2, -0.15) is 0 Å². The summed E-state index contributed by atoms with van der Waals surface area (Å²) in [5.41, 5.74) is 2.17. The molecule has 1 aliphatic heterocycles. The van der Waals surface area contributed by atoms with Crippen molar-refractivity contribution < 1.29 is 0 Å². The van der Waals surface area contributed by atoms with Crippen LogP contribution in [0.2, 0.25) is 0 Å². The summed E-state index contributed by atoms with van der Waals surface area (Å²) in [4.78, 5) is 10.8. The minimum absolute atomic E-state index is 0.695. The topological polar surface area (TPSA) is 52.6 Å². The number of anilines is 1. The van der Waals surface area contributed by atoms with Crippen molar-refractivity contribution in [1.29, 1.82) is 0 Å². The van der Waals surface area contributed by atoms with Crippen LogP contribution in [0.3, 0.4) is 0 Å². The third-order valence-electron chi connectivity index (χ3n) is 2.67. The number of guanidine groups is 1. The van der Waals surface area contributed by atoms with Crippen LogP contribution >= 0.6 is 0 Å². The van der Waals surface area contributed by atoms with Crippen molar-refractivity contribution in [2.45, 2.75) is 13.0 Å². The van der Waals surface area contributed by atoms with E-state index in [-0.39, 0.29) is 0 Å². The lowest BCUT2D eigenvalue weighted by Crippen LogP contribution is -2.40. The third kappa shape index (κ3) is 3.09. The molecule has 17 heavy (non-hydrogen) atoms. The molecule has 2 rings (SSSR count). The van der Waals surface area contributed by atoms with E-state index in [1.54, 1.807) is 0 Å². The van der Waals surface area contributed by atoms with Crippen LogP contribution in [0.15, 0.2) is 23.3 Å². The summed E-state index contributed by atoms with van der Waals surface area (Å²) in [6.45, 7) is 2.59. The quantitative estimate of drug-likeness (QED) is 0.802. The molecular formula is C12H19N5. The zero-order valence-electron chi connectivity index (χ0n) is 10.4. The maximum absolute atomic E-state index is 4.40. The van der Waals surface area contributed by atoms with Crippen molar-refractivity contribution in [3.05, 3.63) is 24.0 Å². The molecule has 0 radical (unpaired) electrons. The van der Waals surface area contributed by atoms with Gasteiger partial charge in [0.15, 0.2) is 5.96 Å². The van der Waals surface area contributed by atoms with E-state index in [0.717, 1.165) is 36.9 Å². The summed E-state index contributed by atoms with van der Waals surface area (Å²) in [6, 6.07) is 4.02. The summed E-state index contributed by atoms with van der Waals surface area (Å²) < 4.78 is 0. The van der Waals surface area contributed by atoms with E-state index >= 15 is 0 Å². The van der Waals surface area contributed by atoms with E-state index in [1.165, 1.54) is 0 Å². The van der Waals surface area contributed by atoms with Gasteiger partial charge >= 0.3 is 0 Å². The van der Waals surface area contributed by atoms with Gasteiger partial charge in [0.2, 0.25) is 0 Å². The Hall–Kier alpha value is -1.78. The van der Waals surface area contributed by atoms with Crippen molar-refractivity contribution in [3.63, 3.8) is 0 Å². The average Bonchev–Trinajstić information content (AvgIpc) is 2.38. The Labute approximate surface area is 102 Å². The minimum atomic E-state index is 0.695. The number of aliphatic imine (C=N–C) groups is 1. The van der Waals surface area contributed by atoms with E-state index in [4.69, 9.17) is 0 Å². The number of aromatic nitrogens is 1. The number of pyridine rings is 1. The normalized spacial score (nSPS) is 14.8. The number of hydrogen-bond acceptors (Lipinski definition) is 5. The van der Waals surface area contributed by atoms with Gasteiger partial charge in [0.25, 0.3) is 0 Å². The second kappa shape index (κ2) is 5.52. The molecule has 0 atom stereocenters. The van der Waals surface area contributed by atoms with Crippen LogP contribution in [-0.4, -0.2) is 38.1 Å². The first-order valence-electron chi connectivity index (χ1n) is 5.91. The molecule has 92 valence electrons. The fourth-order valence-electron chi connectivity index (χ4n) is 1.79. The van der Waals surface area contributed by atoms with E-state index < -0.39 is 0 Å². The largest absolute Gasteiger partial charge is 0.376 e. The highest BCUT2D eigenvalue weighted by atomic mass is 15.2. The van der Waals surface area contributed by atoms with Gasteiger partial charge in [-0.05, 0) is 18.6 Å². The average molecular weight is 233 g/mol. The number of rotatable bonds is 3. The van der Waals surface area contributed by atoms with Gasteiger partial charge in [-0.15, -0.1) is 0 Å². The molecule has 1 aromatic rings. The van der Waals surface area contributed by atoms with Crippen LogP contribution in [0.25, 0.3) is 0 Å². The van der Waals surface area contributed by atoms with Crippen LogP contribution in [0.4, 0.5) is 5.69 Å². The van der Waals surface area contributed by atoms with Crippen LogP contribution in [0.5, 0.6) is 0 Å². The van der Waals surface area contributed by atoms with Gasteiger partial charge in [0.05, 0.1) is 17.9 Å². The molecular weight excluding hydrogens is 214 g/mol. The Balaban J connectivity index is 2.01. The van der Waals surface area contributed by atoms with Gasteiger partial charge in [-0.25, -0.2) is 0 Å². The Kier molecular flexibility index (Phi) is 3.80. The first-order chi connectivity index (χ1) is 8.27. The van der Waals surface area contributed by atoms with Gasteiger partial charge in [-0.3, -0.25) is 9.98 Å². The Bertz CT molecular complexity index is 400. The molecule has 5 nitrogen and oxygen atoms in total. The van der Waals surface area contributed by atoms with Crippen molar-refractivity contribution in [1.82, 2.24) is 15.6 Å². The lowest BCUT2D eigenvalue weighted by atomic mass is 10.2. The maximum Gasteiger partial charge on any atom is 0.191 e. The van der Waals surface area contributed by atoms with Crippen molar-refractivity contribution in [2.75, 3.05) is 32.1 Å². The highest BCUT2D eigenvalue weighted by Crippen LogP contribution is 2.14. The molecule has 2 heterocycles. The summed E-state index contributed by atoms with van der Waals surface area (Å²) >= 11 is 0. The Morgan fingerprint density at radius 2 is 2.35 bits per heavy atom. The fourth-order valence-corrected chi connectivity index (χ4v) is 1.79. The summed E-state index contributed by atoms with van der Waals surface area (Å²) in [6.07, 6.45) is 2.93. The second-order valence-corrected chi connectivity index (χ2v) is 4.23. The standard InChI is InChI=1S/C12H19N5/c1-17(2)11-5-3-6-13-10(11)9-16-12-14-7-4-8-15-12/h3,5-6H,4,7-9H2,1-2H3,(H2,14,15,16). The highest BCUT2D eigenvalue weighted by molar-refractivity contribution is 5.80. The van der Waals surface area contributed by atoms with E-state index in [2.05, 4.69) is 31.6 Å². The van der Waals surface area contributed by atoms with E-state index in [9.17, 15) is 0 Å². The van der Waals surface area contributed by atoms with Crippen molar-refractivity contribution in [3.8, 4) is 0 Å². The van der Waals surface area contributed by atoms with Crippen LogP contribution in [0.1, 0.15) is 12.1 Å². The molecule has 0 bridgehead atoms. The lowest BCUT2D eigenvalue weighted by molar-refractivity contribution is 0.698. The highest BCUT2D eigenvalue weighted by Gasteiger charge is 2.07. The van der Waals surface area contributed by atoms with E-state index in [0.29, 0.717) is 6.54 Å². The molecule has 1 aromatic heterocycles. The predicted octanol–water partition coefficient (Wildman–Crippen LogP) is 0.586. The molecule has 0 aliphatic carbocycles. The maximum atomic E-state index is 4.40. The third-order valence-corrected chi connectivity index (χ3v) is 2.67. The van der Waals surface area contributed by atoms with Gasteiger partial charge in [-0.1, -0.05) is 0 Å². The molecule has 0 saturated heterocycles. The SMILES string of the molecule is CN(C)c1cccnc1CNC1=NCCCN1. The van der Waals surface area contributed by atoms with Crippen LogP contribution in [-0.2, 0) is 6.54 Å². The van der Waals surface area contributed by atoms with E-state index in [1.807, 2.05) is 26.4 Å². The van der Waals surface area contributed by atoms with Crippen molar-refractivity contribution >= 4 is 11.6 Å². The molecule has 5 heteroatoms. The molecule has 2 N–H and O–H groups in total. The molecule has 0 unspecified atom stereocenters. The predicted molar refractivity (Wildman–Crippen MR) is 70.3 cm³/mol. The molecule has 0 fully saturated rings. The second-order valence-electron chi connectivity index (χ2n) is 4.23.